The van der Waals surface area contributed by atoms with Crippen molar-refractivity contribution in [1.82, 2.24) is 10.2 Å². The zero-order valence-electron chi connectivity index (χ0n) is 16.1. The number of phenolic OH excluding ortho intramolecular Hbond substituents is 1. The standard InChI is InChI=1S/C21H28N2O4/c1-21(2,3)27-20(25)22-15-10-12-23(13-11-15)19(18-9-6-14-26-18)16-7-4-5-8-17(16)24/h4-9,14-15,19,24H,10-13H2,1-3H3,(H,22,25). The van der Waals surface area contributed by atoms with Gasteiger partial charge in [-0.05, 0) is 51.8 Å². The summed E-state index contributed by atoms with van der Waals surface area (Å²) in [6.45, 7) is 7.13. The van der Waals surface area contributed by atoms with Crippen LogP contribution in [-0.2, 0) is 4.74 Å². The van der Waals surface area contributed by atoms with E-state index in [2.05, 4.69) is 10.2 Å². The number of hydrogen-bond acceptors (Lipinski definition) is 5. The molecule has 0 radical (unpaired) electrons. The van der Waals surface area contributed by atoms with Crippen molar-refractivity contribution in [2.75, 3.05) is 13.1 Å². The third-order valence-electron chi connectivity index (χ3n) is 4.66. The first-order valence-electron chi connectivity index (χ1n) is 9.38. The maximum absolute atomic E-state index is 12.0. The molecule has 6 nitrogen and oxygen atoms in total. The monoisotopic (exact) mass is 372 g/mol. The predicted octanol–water partition coefficient (Wildman–Crippen LogP) is 4.06. The number of carbonyl (C=O) groups excluding carboxylic acids is 1. The second-order valence-electron chi connectivity index (χ2n) is 7.93. The molecule has 2 heterocycles. The van der Waals surface area contributed by atoms with Crippen molar-refractivity contribution in [3.63, 3.8) is 0 Å². The molecule has 2 N–H and O–H groups in total. The molecule has 1 aromatic carbocycles. The second-order valence-corrected chi connectivity index (χ2v) is 7.93. The number of alkyl carbamates (subject to hydrolysis) is 1. The number of aromatic hydroxyl groups is 1. The van der Waals surface area contributed by atoms with Gasteiger partial charge in [0.05, 0.1) is 12.3 Å². The minimum atomic E-state index is -0.500. The maximum Gasteiger partial charge on any atom is 0.407 e. The third-order valence-corrected chi connectivity index (χ3v) is 4.66. The molecule has 1 aliphatic rings. The van der Waals surface area contributed by atoms with Crippen LogP contribution >= 0.6 is 0 Å². The van der Waals surface area contributed by atoms with Crippen molar-refractivity contribution < 1.29 is 19.1 Å². The highest BCUT2D eigenvalue weighted by Gasteiger charge is 2.31. The van der Waals surface area contributed by atoms with E-state index in [9.17, 15) is 9.90 Å². The molecule has 0 bridgehead atoms. The predicted molar refractivity (Wildman–Crippen MR) is 103 cm³/mol. The van der Waals surface area contributed by atoms with E-state index in [-0.39, 0.29) is 23.9 Å². The molecule has 1 fully saturated rings. The third kappa shape index (κ3) is 5.04. The van der Waals surface area contributed by atoms with Crippen molar-refractivity contribution in [1.29, 1.82) is 0 Å². The molecule has 1 aromatic heterocycles. The van der Waals surface area contributed by atoms with Gasteiger partial charge >= 0.3 is 6.09 Å². The van der Waals surface area contributed by atoms with Gasteiger partial charge in [-0.25, -0.2) is 4.79 Å². The Labute approximate surface area is 160 Å². The van der Waals surface area contributed by atoms with Crippen LogP contribution in [0.25, 0.3) is 0 Å². The summed E-state index contributed by atoms with van der Waals surface area (Å²) in [5.41, 5.74) is 0.325. The molecule has 2 aromatic rings. The molecule has 146 valence electrons. The fourth-order valence-electron chi connectivity index (χ4n) is 3.47. The highest BCUT2D eigenvalue weighted by molar-refractivity contribution is 5.68. The number of piperidine rings is 1. The largest absolute Gasteiger partial charge is 0.508 e. The average molecular weight is 372 g/mol. The van der Waals surface area contributed by atoms with E-state index >= 15 is 0 Å². The highest BCUT2D eigenvalue weighted by Crippen LogP contribution is 2.35. The highest BCUT2D eigenvalue weighted by atomic mass is 16.6. The lowest BCUT2D eigenvalue weighted by Gasteiger charge is -2.37. The van der Waals surface area contributed by atoms with E-state index in [0.717, 1.165) is 37.3 Å². The SMILES string of the molecule is CC(C)(C)OC(=O)NC1CCN(C(c2ccco2)c2ccccc2O)CC1. The first-order valence-corrected chi connectivity index (χ1v) is 9.38. The van der Waals surface area contributed by atoms with E-state index < -0.39 is 5.60 Å². The number of amides is 1. The van der Waals surface area contributed by atoms with Crippen molar-refractivity contribution >= 4 is 6.09 Å². The Balaban J connectivity index is 1.67. The van der Waals surface area contributed by atoms with Gasteiger partial charge in [-0.3, -0.25) is 4.90 Å². The Hall–Kier alpha value is -2.47. The minimum absolute atomic E-state index is 0.0812. The lowest BCUT2D eigenvalue weighted by molar-refractivity contribution is 0.0469. The Morgan fingerprint density at radius 3 is 2.52 bits per heavy atom. The molecule has 3 rings (SSSR count). The second kappa shape index (κ2) is 8.05. The number of nitrogens with zero attached hydrogens (tertiary/aromatic N) is 1. The molecular formula is C21H28N2O4. The number of furan rings is 1. The number of benzene rings is 1. The Morgan fingerprint density at radius 1 is 1.22 bits per heavy atom. The normalized spacial score (nSPS) is 17.4. The molecule has 1 unspecified atom stereocenters. The van der Waals surface area contributed by atoms with Crippen molar-refractivity contribution in [2.45, 2.75) is 51.3 Å². The maximum atomic E-state index is 12.0. The van der Waals surface area contributed by atoms with Gasteiger partial charge in [-0.15, -0.1) is 0 Å². The lowest BCUT2D eigenvalue weighted by atomic mass is 9.97. The van der Waals surface area contributed by atoms with E-state index in [1.807, 2.05) is 51.1 Å². The van der Waals surface area contributed by atoms with Crippen LogP contribution in [0.3, 0.4) is 0 Å². The zero-order chi connectivity index (χ0) is 19.4. The molecule has 0 aliphatic carbocycles. The van der Waals surface area contributed by atoms with Crippen LogP contribution in [-0.4, -0.2) is 40.8 Å². The van der Waals surface area contributed by atoms with E-state index in [1.165, 1.54) is 0 Å². The summed E-state index contributed by atoms with van der Waals surface area (Å²) in [6.07, 6.45) is 2.90. The van der Waals surface area contributed by atoms with Crippen molar-refractivity contribution in [3.05, 3.63) is 54.0 Å². The number of para-hydroxylation sites is 1. The Morgan fingerprint density at radius 2 is 1.93 bits per heavy atom. The molecule has 0 saturated carbocycles. The number of carbonyl (C=O) groups is 1. The van der Waals surface area contributed by atoms with Gasteiger partial charge in [0.25, 0.3) is 0 Å². The van der Waals surface area contributed by atoms with Crippen molar-refractivity contribution in [3.8, 4) is 5.75 Å². The fraction of sp³-hybridized carbons (Fsp3) is 0.476. The van der Waals surface area contributed by atoms with Gasteiger partial charge in [-0.2, -0.15) is 0 Å². The number of rotatable bonds is 4. The molecule has 0 spiro atoms. The van der Waals surface area contributed by atoms with E-state index in [0.29, 0.717) is 0 Å². The van der Waals surface area contributed by atoms with Gasteiger partial charge in [0.2, 0.25) is 0 Å². The number of ether oxygens (including phenoxy) is 1. The van der Waals surface area contributed by atoms with Gasteiger partial charge in [0.1, 0.15) is 17.1 Å². The van der Waals surface area contributed by atoms with Crippen LogP contribution in [0.4, 0.5) is 4.79 Å². The van der Waals surface area contributed by atoms with Crippen LogP contribution < -0.4 is 5.32 Å². The first kappa shape index (κ1) is 19.3. The summed E-state index contributed by atoms with van der Waals surface area (Å²) >= 11 is 0. The van der Waals surface area contributed by atoms with Crippen LogP contribution in [0, 0.1) is 0 Å². The quantitative estimate of drug-likeness (QED) is 0.846. The summed E-state index contributed by atoms with van der Waals surface area (Å²) in [5.74, 6) is 1.06. The molecular weight excluding hydrogens is 344 g/mol. The van der Waals surface area contributed by atoms with Crippen LogP contribution in [0.1, 0.15) is 51.0 Å². The topological polar surface area (TPSA) is 74.9 Å². The van der Waals surface area contributed by atoms with Crippen molar-refractivity contribution in [2.24, 2.45) is 0 Å². The molecule has 1 aliphatic heterocycles. The number of hydrogen-bond donors (Lipinski definition) is 2. The summed E-state index contributed by atoms with van der Waals surface area (Å²) < 4.78 is 11.0. The molecule has 27 heavy (non-hydrogen) atoms. The molecule has 1 saturated heterocycles. The zero-order valence-corrected chi connectivity index (χ0v) is 16.1. The minimum Gasteiger partial charge on any atom is -0.508 e. The Kier molecular flexibility index (Phi) is 5.75. The molecule has 1 atom stereocenters. The van der Waals surface area contributed by atoms with Gasteiger partial charge in [-0.1, -0.05) is 18.2 Å². The average Bonchev–Trinajstić information content (AvgIpc) is 3.11. The van der Waals surface area contributed by atoms with E-state index in [4.69, 9.17) is 9.15 Å². The fourth-order valence-corrected chi connectivity index (χ4v) is 3.47. The van der Waals surface area contributed by atoms with Gasteiger partial charge in [0, 0.05) is 24.7 Å². The summed E-state index contributed by atoms with van der Waals surface area (Å²) in [6, 6.07) is 11.1. The Bertz CT molecular complexity index is 744. The number of phenols is 1. The van der Waals surface area contributed by atoms with Crippen LogP contribution in [0.15, 0.2) is 47.1 Å². The van der Waals surface area contributed by atoms with Gasteiger partial charge < -0.3 is 19.6 Å². The number of likely N-dealkylation sites (tertiary alicyclic amines) is 1. The molecule has 6 heteroatoms. The van der Waals surface area contributed by atoms with Crippen LogP contribution in [0.2, 0.25) is 0 Å². The summed E-state index contributed by atoms with van der Waals surface area (Å²) in [4.78, 5) is 14.3. The summed E-state index contributed by atoms with van der Waals surface area (Å²) in [7, 11) is 0. The number of nitrogens with one attached hydrogen (secondary N) is 1. The lowest BCUT2D eigenvalue weighted by Crippen LogP contribution is -2.47. The van der Waals surface area contributed by atoms with Crippen LogP contribution in [0.5, 0.6) is 5.75 Å². The van der Waals surface area contributed by atoms with Gasteiger partial charge in [0.15, 0.2) is 0 Å². The first-order chi connectivity index (χ1) is 12.8. The smallest absolute Gasteiger partial charge is 0.407 e. The molecule has 1 amide bonds. The summed E-state index contributed by atoms with van der Waals surface area (Å²) in [5, 5.41) is 13.3. The van der Waals surface area contributed by atoms with E-state index in [1.54, 1.807) is 12.3 Å².